The largest absolute Gasteiger partial charge is 0.573 e. The summed E-state index contributed by atoms with van der Waals surface area (Å²) in [6, 6.07) is 0.434. The summed E-state index contributed by atoms with van der Waals surface area (Å²) >= 11 is 2.85. The Hall–Kier alpha value is -1.51. The van der Waals surface area contributed by atoms with Crippen LogP contribution in [0.3, 0.4) is 0 Å². The molecule has 0 aliphatic carbocycles. The summed E-state index contributed by atoms with van der Waals surface area (Å²) in [6.07, 6.45) is -5.07. The number of aromatic amines is 1. The van der Waals surface area contributed by atoms with E-state index in [1.165, 1.54) is 0 Å². The molecule has 0 atom stereocenters. The molecule has 0 radical (unpaired) electrons. The van der Waals surface area contributed by atoms with Crippen LogP contribution in [0.2, 0.25) is 0 Å². The van der Waals surface area contributed by atoms with E-state index < -0.39 is 29.2 Å². The minimum atomic E-state index is -5.07. The molecule has 0 unspecified atom stereocenters. The van der Waals surface area contributed by atoms with Crippen molar-refractivity contribution in [2.45, 2.75) is 11.7 Å². The Morgan fingerprint density at radius 1 is 1.53 bits per heavy atom. The molecular weight excluding hydrogens is 311 g/mol. The number of carboxylic acid groups (broad SMARTS) is 1. The molecule has 1 heterocycles. The lowest BCUT2D eigenvalue weighted by Crippen LogP contribution is -2.22. The zero-order valence-electron chi connectivity index (χ0n) is 7.97. The van der Waals surface area contributed by atoms with E-state index >= 15 is 0 Å². The summed E-state index contributed by atoms with van der Waals surface area (Å²) in [7, 11) is 0. The fraction of sp³-hybridized carbons (Fsp3) is 0.250. The van der Waals surface area contributed by atoms with E-state index in [1.54, 1.807) is 0 Å². The van der Waals surface area contributed by atoms with Crippen LogP contribution in [0.25, 0.3) is 0 Å². The number of hydrogen-bond acceptors (Lipinski definition) is 3. The van der Waals surface area contributed by atoms with Gasteiger partial charge in [-0.05, 0) is 0 Å². The first kappa shape index (κ1) is 13.6. The standard InChI is InChI=1S/C8H5BrF3NO4/c9-2-3-6(7(15)16)4(1-5(14)13-3)17-8(10,11)12/h1H,2H2,(H,13,14)(H,15,16). The Morgan fingerprint density at radius 3 is 2.53 bits per heavy atom. The van der Waals surface area contributed by atoms with E-state index in [4.69, 9.17) is 5.11 Å². The lowest BCUT2D eigenvalue weighted by atomic mass is 10.2. The Balaban J connectivity index is 3.41. The van der Waals surface area contributed by atoms with Gasteiger partial charge in [0, 0.05) is 17.1 Å². The molecule has 0 aliphatic rings. The Bertz CT molecular complexity index is 497. The Labute approximate surface area is 100 Å². The van der Waals surface area contributed by atoms with Gasteiger partial charge in [0.15, 0.2) is 5.75 Å². The summed E-state index contributed by atoms with van der Waals surface area (Å²) in [5.74, 6) is -2.67. The third-order valence-electron chi connectivity index (χ3n) is 1.66. The van der Waals surface area contributed by atoms with Crippen LogP contribution in [0.5, 0.6) is 5.75 Å². The highest BCUT2D eigenvalue weighted by Gasteiger charge is 2.34. The third kappa shape index (κ3) is 3.48. The molecule has 1 aromatic rings. The number of carbonyl (C=O) groups is 1. The van der Waals surface area contributed by atoms with Crippen molar-refractivity contribution in [1.29, 1.82) is 0 Å². The average molecular weight is 316 g/mol. The van der Waals surface area contributed by atoms with E-state index in [-0.39, 0.29) is 11.0 Å². The molecule has 17 heavy (non-hydrogen) atoms. The molecule has 1 aromatic heterocycles. The fourth-order valence-electron chi connectivity index (χ4n) is 1.13. The van der Waals surface area contributed by atoms with Gasteiger partial charge in [-0.3, -0.25) is 4.79 Å². The first-order valence-electron chi connectivity index (χ1n) is 4.06. The monoisotopic (exact) mass is 315 g/mol. The van der Waals surface area contributed by atoms with Gasteiger partial charge in [-0.2, -0.15) is 0 Å². The van der Waals surface area contributed by atoms with Crippen LogP contribution < -0.4 is 10.3 Å². The van der Waals surface area contributed by atoms with Crippen molar-refractivity contribution in [2.24, 2.45) is 0 Å². The number of ether oxygens (including phenoxy) is 1. The van der Waals surface area contributed by atoms with Gasteiger partial charge in [0.2, 0.25) is 0 Å². The highest BCUT2D eigenvalue weighted by atomic mass is 79.9. The maximum atomic E-state index is 12.0. The number of pyridine rings is 1. The number of aromatic carboxylic acids is 1. The van der Waals surface area contributed by atoms with Gasteiger partial charge in [-0.25, -0.2) is 4.79 Å². The molecule has 0 saturated carbocycles. The average Bonchev–Trinajstić information content (AvgIpc) is 2.12. The third-order valence-corrected chi connectivity index (χ3v) is 2.22. The van der Waals surface area contributed by atoms with Crippen LogP contribution in [0, 0.1) is 0 Å². The molecular formula is C8H5BrF3NO4. The van der Waals surface area contributed by atoms with E-state index in [0.717, 1.165) is 0 Å². The molecule has 94 valence electrons. The molecule has 0 aliphatic heterocycles. The topological polar surface area (TPSA) is 79.4 Å². The quantitative estimate of drug-likeness (QED) is 0.834. The van der Waals surface area contributed by atoms with E-state index in [9.17, 15) is 22.8 Å². The van der Waals surface area contributed by atoms with Crippen LogP contribution in [-0.2, 0) is 5.33 Å². The summed E-state index contributed by atoms with van der Waals surface area (Å²) in [5, 5.41) is 8.65. The summed E-state index contributed by atoms with van der Waals surface area (Å²) in [6.45, 7) is 0. The lowest BCUT2D eigenvalue weighted by molar-refractivity contribution is -0.274. The highest BCUT2D eigenvalue weighted by Crippen LogP contribution is 2.27. The van der Waals surface area contributed by atoms with Gasteiger partial charge < -0.3 is 14.8 Å². The lowest BCUT2D eigenvalue weighted by Gasteiger charge is -2.12. The molecule has 9 heteroatoms. The van der Waals surface area contributed by atoms with Crippen molar-refractivity contribution < 1.29 is 27.8 Å². The number of nitrogens with one attached hydrogen (secondary N) is 1. The van der Waals surface area contributed by atoms with Gasteiger partial charge in [-0.1, -0.05) is 15.9 Å². The summed E-state index contributed by atoms with van der Waals surface area (Å²) in [4.78, 5) is 23.9. The van der Waals surface area contributed by atoms with Crippen LogP contribution in [0.4, 0.5) is 13.2 Å². The van der Waals surface area contributed by atoms with Crippen LogP contribution in [-0.4, -0.2) is 22.4 Å². The van der Waals surface area contributed by atoms with Gasteiger partial charge >= 0.3 is 12.3 Å². The van der Waals surface area contributed by atoms with Crippen LogP contribution >= 0.6 is 15.9 Å². The number of H-pyrrole nitrogens is 1. The van der Waals surface area contributed by atoms with Crippen molar-refractivity contribution >= 4 is 21.9 Å². The molecule has 0 aromatic carbocycles. The minimum Gasteiger partial charge on any atom is -0.477 e. The number of halogens is 4. The highest BCUT2D eigenvalue weighted by molar-refractivity contribution is 9.08. The Morgan fingerprint density at radius 2 is 2.12 bits per heavy atom. The first-order chi connectivity index (χ1) is 7.74. The van der Waals surface area contributed by atoms with Gasteiger partial charge in [-0.15, -0.1) is 13.2 Å². The van der Waals surface area contributed by atoms with E-state index in [0.29, 0.717) is 6.07 Å². The van der Waals surface area contributed by atoms with Crippen molar-refractivity contribution in [3.8, 4) is 5.75 Å². The number of alkyl halides is 4. The molecule has 1 rings (SSSR count). The summed E-state index contributed by atoms with van der Waals surface area (Å²) < 4.78 is 39.5. The number of carboxylic acids is 1. The van der Waals surface area contributed by atoms with E-state index in [2.05, 4.69) is 25.7 Å². The molecule has 2 N–H and O–H groups in total. The number of hydrogen-bond donors (Lipinski definition) is 2. The Kier molecular flexibility index (Phi) is 3.81. The van der Waals surface area contributed by atoms with Gasteiger partial charge in [0.25, 0.3) is 5.56 Å². The maximum Gasteiger partial charge on any atom is 0.573 e. The molecule has 0 amide bonds. The van der Waals surface area contributed by atoms with E-state index in [1.807, 2.05) is 0 Å². The minimum absolute atomic E-state index is 0.126. The first-order valence-corrected chi connectivity index (χ1v) is 5.18. The maximum absolute atomic E-state index is 12.0. The predicted molar refractivity (Wildman–Crippen MR) is 53.3 cm³/mol. The summed E-state index contributed by atoms with van der Waals surface area (Å²) in [5.41, 5.74) is -1.83. The van der Waals surface area contributed by atoms with Crippen LogP contribution in [0.1, 0.15) is 16.1 Å². The SMILES string of the molecule is O=C(O)c1c(OC(F)(F)F)cc(=O)[nH]c1CBr. The zero-order chi connectivity index (χ0) is 13.2. The molecule has 0 saturated heterocycles. The number of rotatable bonds is 3. The van der Waals surface area contributed by atoms with Gasteiger partial charge in [0.05, 0.1) is 0 Å². The van der Waals surface area contributed by atoms with Crippen molar-refractivity contribution in [2.75, 3.05) is 0 Å². The van der Waals surface area contributed by atoms with Gasteiger partial charge in [0.1, 0.15) is 5.56 Å². The van der Waals surface area contributed by atoms with Crippen molar-refractivity contribution in [3.63, 3.8) is 0 Å². The normalized spacial score (nSPS) is 11.3. The smallest absolute Gasteiger partial charge is 0.477 e. The number of aromatic nitrogens is 1. The second kappa shape index (κ2) is 4.78. The molecule has 0 fully saturated rings. The van der Waals surface area contributed by atoms with Crippen LogP contribution in [0.15, 0.2) is 10.9 Å². The molecule has 0 spiro atoms. The zero-order valence-corrected chi connectivity index (χ0v) is 9.55. The van der Waals surface area contributed by atoms with Crippen molar-refractivity contribution in [1.82, 2.24) is 4.98 Å². The van der Waals surface area contributed by atoms with Crippen molar-refractivity contribution in [3.05, 3.63) is 27.7 Å². The second-order valence-corrected chi connectivity index (χ2v) is 3.40. The second-order valence-electron chi connectivity index (χ2n) is 2.84. The molecule has 0 bridgehead atoms. The fourth-order valence-corrected chi connectivity index (χ4v) is 1.55. The molecule has 5 nitrogen and oxygen atoms in total. The predicted octanol–water partition coefficient (Wildman–Crippen LogP) is 1.87.